The van der Waals surface area contributed by atoms with Gasteiger partial charge in [-0.05, 0) is 50.2 Å². The van der Waals surface area contributed by atoms with Gasteiger partial charge in [-0.2, -0.15) is 18.3 Å². The van der Waals surface area contributed by atoms with Crippen LogP contribution < -0.4 is 10.1 Å². The Hall–Kier alpha value is -3.62. The Morgan fingerprint density at radius 1 is 1.13 bits per heavy atom. The lowest BCUT2D eigenvalue weighted by Gasteiger charge is -2.13. The highest BCUT2D eigenvalue weighted by atomic mass is 19.4. The molecule has 1 aromatic heterocycles. The van der Waals surface area contributed by atoms with Crippen LogP contribution in [0, 0.1) is 6.92 Å². The van der Waals surface area contributed by atoms with Crippen LogP contribution >= 0.6 is 0 Å². The molecule has 0 unspecified atom stereocenters. The maximum Gasteiger partial charge on any atom is 0.416 e. The number of ether oxygens (including phenoxy) is 1. The summed E-state index contributed by atoms with van der Waals surface area (Å²) >= 11 is 0. The standard InChI is InChI=1S/C22H20F3N3O3/c1-13-9-20(28(27-13)18-6-4-5-17(12-18)22(23,24)25)26-21(30)11-16-10-15(14(2)29)7-8-19(16)31-3/h4-10,12H,11H2,1-3H3,(H,26,30). The Kier molecular flexibility index (Phi) is 6.14. The molecule has 0 saturated carbocycles. The van der Waals surface area contributed by atoms with Gasteiger partial charge in [0.1, 0.15) is 11.6 Å². The summed E-state index contributed by atoms with van der Waals surface area (Å²) in [6.45, 7) is 3.08. The molecule has 1 heterocycles. The number of methoxy groups -OCH3 is 1. The molecule has 0 radical (unpaired) electrons. The molecule has 0 spiro atoms. The number of Topliss-reactive ketones (excluding diaryl/α,β-unsaturated/α-hetero) is 1. The normalized spacial score (nSPS) is 11.3. The molecular formula is C22H20F3N3O3. The maximum atomic E-state index is 13.1. The average Bonchev–Trinajstić information content (AvgIpc) is 3.07. The van der Waals surface area contributed by atoms with E-state index in [2.05, 4.69) is 10.4 Å². The largest absolute Gasteiger partial charge is 0.496 e. The molecule has 1 amide bonds. The van der Waals surface area contributed by atoms with Crippen molar-refractivity contribution in [3.8, 4) is 11.4 Å². The van der Waals surface area contributed by atoms with Crippen LogP contribution in [0.4, 0.5) is 19.0 Å². The fraction of sp³-hybridized carbons (Fsp3) is 0.227. The number of amides is 1. The van der Waals surface area contributed by atoms with Crippen molar-refractivity contribution >= 4 is 17.5 Å². The second-order valence-electron chi connectivity index (χ2n) is 6.94. The highest BCUT2D eigenvalue weighted by molar-refractivity contribution is 5.96. The predicted molar refractivity (Wildman–Crippen MR) is 109 cm³/mol. The van der Waals surface area contributed by atoms with E-state index in [4.69, 9.17) is 4.74 Å². The summed E-state index contributed by atoms with van der Waals surface area (Å²) in [7, 11) is 1.45. The first-order chi connectivity index (χ1) is 14.6. The van der Waals surface area contributed by atoms with E-state index in [0.717, 1.165) is 12.1 Å². The SMILES string of the molecule is COc1ccc(C(C)=O)cc1CC(=O)Nc1cc(C)nn1-c1cccc(C(F)(F)F)c1. The van der Waals surface area contributed by atoms with Crippen LogP contribution in [0.25, 0.3) is 5.69 Å². The van der Waals surface area contributed by atoms with Gasteiger partial charge in [0.15, 0.2) is 5.78 Å². The van der Waals surface area contributed by atoms with Gasteiger partial charge in [0, 0.05) is 17.2 Å². The van der Waals surface area contributed by atoms with Gasteiger partial charge < -0.3 is 10.1 Å². The number of aromatic nitrogens is 2. The van der Waals surface area contributed by atoms with Crippen molar-refractivity contribution in [3.63, 3.8) is 0 Å². The van der Waals surface area contributed by atoms with Gasteiger partial charge in [-0.25, -0.2) is 4.68 Å². The van der Waals surface area contributed by atoms with Crippen molar-refractivity contribution < 1.29 is 27.5 Å². The van der Waals surface area contributed by atoms with Gasteiger partial charge in [-0.3, -0.25) is 9.59 Å². The smallest absolute Gasteiger partial charge is 0.416 e. The Bertz CT molecular complexity index is 1140. The lowest BCUT2D eigenvalue weighted by molar-refractivity contribution is -0.137. The van der Waals surface area contributed by atoms with Gasteiger partial charge in [0.05, 0.1) is 30.5 Å². The van der Waals surface area contributed by atoms with Crippen LogP contribution in [-0.4, -0.2) is 28.6 Å². The summed E-state index contributed by atoms with van der Waals surface area (Å²) in [6, 6.07) is 11.0. The minimum atomic E-state index is -4.50. The summed E-state index contributed by atoms with van der Waals surface area (Å²) in [5.74, 6) is 0.0842. The fourth-order valence-corrected chi connectivity index (χ4v) is 3.10. The second kappa shape index (κ2) is 8.63. The van der Waals surface area contributed by atoms with Crippen LogP contribution in [0.5, 0.6) is 5.75 Å². The number of aryl methyl sites for hydroxylation is 1. The molecule has 0 aliphatic heterocycles. The number of halogens is 3. The molecule has 3 rings (SSSR count). The fourth-order valence-electron chi connectivity index (χ4n) is 3.10. The van der Waals surface area contributed by atoms with Crippen molar-refractivity contribution in [2.24, 2.45) is 0 Å². The number of alkyl halides is 3. The molecule has 0 saturated heterocycles. The summed E-state index contributed by atoms with van der Waals surface area (Å²) in [5, 5.41) is 6.88. The van der Waals surface area contributed by atoms with Crippen molar-refractivity contribution in [1.29, 1.82) is 0 Å². The molecule has 31 heavy (non-hydrogen) atoms. The van der Waals surface area contributed by atoms with Crippen LogP contribution in [0.1, 0.15) is 34.1 Å². The Morgan fingerprint density at radius 2 is 1.87 bits per heavy atom. The molecule has 0 atom stereocenters. The zero-order valence-electron chi connectivity index (χ0n) is 17.1. The Labute approximate surface area is 176 Å². The number of rotatable bonds is 6. The van der Waals surface area contributed by atoms with E-state index in [1.165, 1.54) is 30.8 Å². The van der Waals surface area contributed by atoms with Crippen LogP contribution in [0.3, 0.4) is 0 Å². The number of anilines is 1. The molecule has 0 aliphatic rings. The Morgan fingerprint density at radius 3 is 2.52 bits per heavy atom. The van der Waals surface area contributed by atoms with Crippen molar-refractivity contribution in [2.45, 2.75) is 26.4 Å². The third-order valence-electron chi connectivity index (χ3n) is 4.56. The molecule has 9 heteroatoms. The van der Waals surface area contributed by atoms with Gasteiger partial charge in [-0.15, -0.1) is 0 Å². The van der Waals surface area contributed by atoms with E-state index < -0.39 is 17.6 Å². The highest BCUT2D eigenvalue weighted by Gasteiger charge is 2.30. The lowest BCUT2D eigenvalue weighted by Crippen LogP contribution is -2.18. The number of nitrogens with zero attached hydrogens (tertiary/aromatic N) is 2. The number of benzene rings is 2. The topological polar surface area (TPSA) is 73.2 Å². The first kappa shape index (κ1) is 22.1. The van der Waals surface area contributed by atoms with Crippen molar-refractivity contribution in [2.75, 3.05) is 12.4 Å². The van der Waals surface area contributed by atoms with Crippen LogP contribution in [0.2, 0.25) is 0 Å². The number of hydrogen-bond acceptors (Lipinski definition) is 4. The molecule has 3 aromatic rings. The molecule has 0 fully saturated rings. The zero-order valence-corrected chi connectivity index (χ0v) is 17.1. The van der Waals surface area contributed by atoms with Crippen molar-refractivity contribution in [3.05, 3.63) is 70.9 Å². The summed E-state index contributed by atoms with van der Waals surface area (Å²) in [6.07, 6.45) is -4.60. The first-order valence-corrected chi connectivity index (χ1v) is 9.30. The Balaban J connectivity index is 1.88. The third-order valence-corrected chi connectivity index (χ3v) is 4.56. The number of ketones is 1. The average molecular weight is 431 g/mol. The van der Waals surface area contributed by atoms with Gasteiger partial charge in [0.25, 0.3) is 0 Å². The van der Waals surface area contributed by atoms with Crippen molar-refractivity contribution in [1.82, 2.24) is 9.78 Å². The molecule has 2 aromatic carbocycles. The molecule has 162 valence electrons. The minimum absolute atomic E-state index is 0.100. The van der Waals surface area contributed by atoms with E-state index in [0.29, 0.717) is 22.6 Å². The number of carbonyl (C=O) groups excluding carboxylic acids is 2. The van der Waals surface area contributed by atoms with Gasteiger partial charge >= 0.3 is 6.18 Å². The van der Waals surface area contributed by atoms with E-state index in [9.17, 15) is 22.8 Å². The molecule has 6 nitrogen and oxygen atoms in total. The van der Waals surface area contributed by atoms with Crippen LogP contribution in [0.15, 0.2) is 48.5 Å². The van der Waals surface area contributed by atoms with Gasteiger partial charge in [-0.1, -0.05) is 6.07 Å². The zero-order chi connectivity index (χ0) is 22.8. The quantitative estimate of drug-likeness (QED) is 0.580. The summed E-state index contributed by atoms with van der Waals surface area (Å²) in [4.78, 5) is 24.3. The monoisotopic (exact) mass is 431 g/mol. The first-order valence-electron chi connectivity index (χ1n) is 9.30. The highest BCUT2D eigenvalue weighted by Crippen LogP contribution is 2.31. The summed E-state index contributed by atoms with van der Waals surface area (Å²) < 4.78 is 45.7. The number of nitrogens with one attached hydrogen (secondary N) is 1. The van der Waals surface area contributed by atoms with E-state index in [1.54, 1.807) is 31.2 Å². The second-order valence-corrected chi connectivity index (χ2v) is 6.94. The minimum Gasteiger partial charge on any atom is -0.496 e. The molecule has 0 bridgehead atoms. The van der Waals surface area contributed by atoms with E-state index >= 15 is 0 Å². The lowest BCUT2D eigenvalue weighted by atomic mass is 10.0. The number of carbonyl (C=O) groups is 2. The van der Waals surface area contributed by atoms with Gasteiger partial charge in [0.2, 0.25) is 5.91 Å². The molecular weight excluding hydrogens is 411 g/mol. The van der Waals surface area contributed by atoms with E-state index in [1.807, 2.05) is 0 Å². The maximum absolute atomic E-state index is 13.1. The number of hydrogen-bond donors (Lipinski definition) is 1. The van der Waals surface area contributed by atoms with Crippen LogP contribution in [-0.2, 0) is 17.4 Å². The summed E-state index contributed by atoms with van der Waals surface area (Å²) in [5.41, 5.74) is 0.808. The third kappa shape index (κ3) is 5.11. The van der Waals surface area contributed by atoms with E-state index in [-0.39, 0.29) is 23.7 Å². The molecule has 0 aliphatic carbocycles. The predicted octanol–water partition coefficient (Wildman–Crippen LogP) is 4.59. The molecule has 1 N–H and O–H groups in total.